The first-order valence-electron chi connectivity index (χ1n) is 11.4. The normalized spacial score (nSPS) is 12.4. The van der Waals surface area contributed by atoms with Crippen molar-refractivity contribution in [3.05, 3.63) is 78.4 Å². The van der Waals surface area contributed by atoms with E-state index in [9.17, 15) is 8.42 Å². The molecule has 0 saturated carbocycles. The Labute approximate surface area is 198 Å². The van der Waals surface area contributed by atoms with Gasteiger partial charge in [-0.05, 0) is 91.4 Å². The Hall–Kier alpha value is -2.79. The smallest absolute Gasteiger partial charge is 0.206 e. The molecule has 0 N–H and O–H groups in total. The highest BCUT2D eigenvalue weighted by molar-refractivity contribution is 7.91. The number of benzene rings is 3. The van der Waals surface area contributed by atoms with Crippen molar-refractivity contribution in [2.45, 2.75) is 75.2 Å². The van der Waals surface area contributed by atoms with Crippen LogP contribution in [0, 0.1) is 0 Å². The molecule has 5 heteroatoms. The molecule has 0 aromatic heterocycles. The second-order valence-corrected chi connectivity index (χ2v) is 11.5. The monoisotopic (exact) mass is 466 g/mol. The second kappa shape index (κ2) is 9.60. The average Bonchev–Trinajstić information content (AvgIpc) is 2.80. The molecule has 0 spiro atoms. The lowest BCUT2D eigenvalue weighted by atomic mass is 9.87. The first kappa shape index (κ1) is 24.8. The molecule has 3 aromatic carbocycles. The van der Waals surface area contributed by atoms with E-state index in [4.69, 9.17) is 9.47 Å². The van der Waals surface area contributed by atoms with Crippen molar-refractivity contribution < 1.29 is 17.9 Å². The highest BCUT2D eigenvalue weighted by Crippen LogP contribution is 2.30. The van der Waals surface area contributed by atoms with Crippen molar-refractivity contribution >= 4 is 9.84 Å². The molecule has 0 radical (unpaired) electrons. The van der Waals surface area contributed by atoms with Gasteiger partial charge in [0, 0.05) is 0 Å². The molecule has 3 rings (SSSR count). The molecule has 0 unspecified atom stereocenters. The van der Waals surface area contributed by atoms with Gasteiger partial charge in [0.1, 0.15) is 22.8 Å². The van der Waals surface area contributed by atoms with Crippen LogP contribution in [0.25, 0.3) is 0 Å². The van der Waals surface area contributed by atoms with Crippen molar-refractivity contribution in [1.29, 1.82) is 0 Å². The Morgan fingerprint density at radius 3 is 1.45 bits per heavy atom. The van der Waals surface area contributed by atoms with Gasteiger partial charge in [0.2, 0.25) is 9.84 Å². The lowest BCUT2D eigenvalue weighted by Crippen LogP contribution is -2.30. The number of hydrogen-bond acceptors (Lipinski definition) is 4. The molecular formula is C28H34O4S. The van der Waals surface area contributed by atoms with Gasteiger partial charge in [0.05, 0.1) is 9.79 Å². The number of ether oxygens (including phenoxy) is 2. The van der Waals surface area contributed by atoms with Crippen LogP contribution in [0.4, 0.5) is 0 Å². The molecule has 0 saturated heterocycles. The molecule has 0 aliphatic heterocycles. The summed E-state index contributed by atoms with van der Waals surface area (Å²) in [4.78, 5) is 0.520. The van der Waals surface area contributed by atoms with E-state index >= 15 is 0 Å². The molecular weight excluding hydrogens is 432 g/mol. The summed E-state index contributed by atoms with van der Waals surface area (Å²) in [5.74, 6) is 2.02. The largest absolute Gasteiger partial charge is 0.488 e. The quantitative estimate of drug-likeness (QED) is 0.343. The second-order valence-electron chi connectivity index (χ2n) is 9.58. The third kappa shape index (κ3) is 5.97. The van der Waals surface area contributed by atoms with Gasteiger partial charge in [-0.3, -0.25) is 0 Å². The van der Waals surface area contributed by atoms with Crippen molar-refractivity contribution in [3.8, 4) is 17.2 Å². The van der Waals surface area contributed by atoms with Crippen LogP contribution in [-0.4, -0.2) is 14.0 Å². The molecule has 0 aliphatic carbocycles. The third-order valence-corrected chi connectivity index (χ3v) is 7.87. The predicted octanol–water partition coefficient (Wildman–Crippen LogP) is 7.57. The van der Waals surface area contributed by atoms with Crippen LogP contribution in [0.1, 0.15) is 59.9 Å². The molecule has 3 aromatic rings. The Bertz CT molecular complexity index is 1150. The molecule has 176 valence electrons. The van der Waals surface area contributed by atoms with Crippen LogP contribution >= 0.6 is 0 Å². The number of rotatable bonds is 8. The maximum Gasteiger partial charge on any atom is 0.206 e. The molecule has 0 bridgehead atoms. The van der Waals surface area contributed by atoms with E-state index in [1.54, 1.807) is 36.4 Å². The lowest BCUT2D eigenvalue weighted by molar-refractivity contribution is 0.0802. The van der Waals surface area contributed by atoms with Gasteiger partial charge in [0.25, 0.3) is 0 Å². The van der Waals surface area contributed by atoms with Crippen LogP contribution in [0.3, 0.4) is 0 Å². The fourth-order valence-electron chi connectivity index (χ4n) is 3.35. The number of sulfone groups is 1. The zero-order chi connectivity index (χ0) is 24.3. The molecule has 33 heavy (non-hydrogen) atoms. The van der Waals surface area contributed by atoms with Crippen LogP contribution in [-0.2, 0) is 15.3 Å². The van der Waals surface area contributed by atoms with E-state index in [0.29, 0.717) is 11.5 Å². The summed E-state index contributed by atoms with van der Waals surface area (Å²) in [7, 11) is -3.59. The van der Waals surface area contributed by atoms with Crippen molar-refractivity contribution in [1.82, 2.24) is 0 Å². The first-order valence-corrected chi connectivity index (χ1v) is 12.9. The van der Waals surface area contributed by atoms with E-state index in [0.717, 1.165) is 24.2 Å². The van der Waals surface area contributed by atoms with Crippen LogP contribution in [0.5, 0.6) is 17.2 Å². The fraction of sp³-hybridized carbons (Fsp3) is 0.357. The maximum atomic E-state index is 13.0. The highest BCUT2D eigenvalue weighted by atomic mass is 32.2. The first-order chi connectivity index (χ1) is 15.5. The SMILES string of the molecule is CCC(C)(CC)Oc1ccc(Oc2ccc(S(=O)(=O)c3ccc(C(C)(C)C)cc3)cc2)cc1. The van der Waals surface area contributed by atoms with Gasteiger partial charge in [-0.2, -0.15) is 0 Å². The number of hydrogen-bond donors (Lipinski definition) is 0. The third-order valence-electron chi connectivity index (χ3n) is 6.08. The van der Waals surface area contributed by atoms with Crippen molar-refractivity contribution in [2.75, 3.05) is 0 Å². The van der Waals surface area contributed by atoms with Crippen LogP contribution in [0.2, 0.25) is 0 Å². The highest BCUT2D eigenvalue weighted by Gasteiger charge is 2.22. The van der Waals surface area contributed by atoms with E-state index < -0.39 is 9.84 Å². The van der Waals surface area contributed by atoms with Gasteiger partial charge in [-0.25, -0.2) is 8.42 Å². The van der Waals surface area contributed by atoms with Gasteiger partial charge >= 0.3 is 0 Å². The zero-order valence-electron chi connectivity index (χ0n) is 20.4. The summed E-state index contributed by atoms with van der Waals surface area (Å²) >= 11 is 0. The summed E-state index contributed by atoms with van der Waals surface area (Å²) in [6.07, 6.45) is 1.86. The van der Waals surface area contributed by atoms with Gasteiger partial charge < -0.3 is 9.47 Å². The summed E-state index contributed by atoms with van der Waals surface area (Å²) in [5, 5.41) is 0. The van der Waals surface area contributed by atoms with Gasteiger partial charge in [-0.15, -0.1) is 0 Å². The average molecular weight is 467 g/mol. The Morgan fingerprint density at radius 1 is 0.636 bits per heavy atom. The Kier molecular flexibility index (Phi) is 7.23. The predicted molar refractivity (Wildman–Crippen MR) is 133 cm³/mol. The molecule has 0 atom stereocenters. The topological polar surface area (TPSA) is 52.6 Å². The lowest BCUT2D eigenvalue weighted by Gasteiger charge is -2.28. The minimum absolute atomic E-state index is 0.0305. The Morgan fingerprint density at radius 2 is 1.03 bits per heavy atom. The summed E-state index contributed by atoms with van der Waals surface area (Å²) in [6.45, 7) is 12.6. The van der Waals surface area contributed by atoms with Crippen molar-refractivity contribution in [3.63, 3.8) is 0 Å². The van der Waals surface area contributed by atoms with Gasteiger partial charge in [-0.1, -0.05) is 46.8 Å². The van der Waals surface area contributed by atoms with Crippen LogP contribution < -0.4 is 9.47 Å². The summed E-state index contributed by atoms with van der Waals surface area (Å²) in [6, 6.07) is 21.1. The fourth-order valence-corrected chi connectivity index (χ4v) is 4.61. The van der Waals surface area contributed by atoms with E-state index in [2.05, 4.69) is 41.5 Å². The van der Waals surface area contributed by atoms with Gasteiger partial charge in [0.15, 0.2) is 0 Å². The standard InChI is InChI=1S/C28H34O4S/c1-7-28(6,8-2)32-24-13-11-22(12-14-24)31-23-15-19-26(20-16-23)33(29,30)25-17-9-21(10-18-25)27(3,4)5/h9-20H,7-8H2,1-6H3. The Balaban J connectivity index is 1.71. The summed E-state index contributed by atoms with van der Waals surface area (Å²) in [5.41, 5.74) is 0.879. The molecule has 0 amide bonds. The minimum Gasteiger partial charge on any atom is -0.488 e. The molecule has 4 nitrogen and oxygen atoms in total. The zero-order valence-corrected chi connectivity index (χ0v) is 21.2. The van der Waals surface area contributed by atoms with E-state index in [1.807, 2.05) is 36.4 Å². The van der Waals surface area contributed by atoms with Crippen LogP contribution in [0.15, 0.2) is 82.6 Å². The molecule has 0 fully saturated rings. The maximum absolute atomic E-state index is 13.0. The van der Waals surface area contributed by atoms with Crippen molar-refractivity contribution in [2.24, 2.45) is 0 Å². The minimum atomic E-state index is -3.59. The van der Waals surface area contributed by atoms with E-state index in [1.165, 1.54) is 0 Å². The summed E-state index contributed by atoms with van der Waals surface area (Å²) < 4.78 is 38.0. The molecule has 0 heterocycles. The van der Waals surface area contributed by atoms with E-state index in [-0.39, 0.29) is 20.8 Å². The molecule has 0 aliphatic rings.